The van der Waals surface area contributed by atoms with Crippen LogP contribution in [0.25, 0.3) is 93.5 Å². The summed E-state index contributed by atoms with van der Waals surface area (Å²) in [4.78, 5) is 2.50. The molecule has 0 bridgehead atoms. The molecule has 0 amide bonds. The molecule has 2 nitrogen and oxygen atoms in total. The second kappa shape index (κ2) is 17.8. The van der Waals surface area contributed by atoms with Crippen molar-refractivity contribution >= 4 is 60.4 Å². The molecule has 80 heavy (non-hydrogen) atoms. The highest BCUT2D eigenvalue weighted by Crippen LogP contribution is 2.59. The number of fused-ring (bicyclic) bond motifs is 14. The summed E-state index contributed by atoms with van der Waals surface area (Å²) < 4.78 is 2.55. The third-order valence-electron chi connectivity index (χ3n) is 17.9. The fourth-order valence-electron chi connectivity index (χ4n) is 14.4. The van der Waals surface area contributed by atoms with Crippen LogP contribution in [0.15, 0.2) is 291 Å². The first-order valence-electron chi connectivity index (χ1n) is 28.0. The van der Waals surface area contributed by atoms with Crippen LogP contribution in [0.1, 0.15) is 47.2 Å². The molecule has 0 atom stereocenters. The van der Waals surface area contributed by atoms with Crippen LogP contribution in [0, 0.1) is 0 Å². The number of hydrogen-bond donors (Lipinski definition) is 0. The summed E-state index contributed by atoms with van der Waals surface area (Å²) in [5.41, 5.74) is 23.9. The number of rotatable bonds is 8. The van der Waals surface area contributed by atoms with Crippen LogP contribution in [0.2, 0.25) is 0 Å². The smallest absolute Gasteiger partial charge is 0.0713 e. The van der Waals surface area contributed by atoms with E-state index in [4.69, 9.17) is 0 Å². The Labute approximate surface area is 466 Å². The molecule has 2 aliphatic rings. The van der Waals surface area contributed by atoms with Crippen LogP contribution in [-0.2, 0) is 10.8 Å². The lowest BCUT2D eigenvalue weighted by atomic mass is 9.67. The zero-order chi connectivity index (χ0) is 53.1. The van der Waals surface area contributed by atoms with E-state index < -0.39 is 5.41 Å². The van der Waals surface area contributed by atoms with Gasteiger partial charge in [0.25, 0.3) is 0 Å². The fourth-order valence-corrected chi connectivity index (χ4v) is 14.4. The molecule has 1 heterocycles. The molecule has 0 saturated heterocycles. The minimum Gasteiger partial charge on any atom is -0.310 e. The lowest BCUT2D eigenvalue weighted by Crippen LogP contribution is -2.28. The molecule has 0 aliphatic heterocycles. The maximum atomic E-state index is 2.55. The van der Waals surface area contributed by atoms with Gasteiger partial charge in [0, 0.05) is 44.2 Å². The predicted octanol–water partition coefficient (Wildman–Crippen LogP) is 20.6. The van der Waals surface area contributed by atoms with Crippen molar-refractivity contribution in [2.24, 2.45) is 0 Å². The van der Waals surface area contributed by atoms with E-state index in [1.165, 1.54) is 116 Å². The molecule has 16 rings (SSSR count). The van der Waals surface area contributed by atoms with Gasteiger partial charge in [-0.3, -0.25) is 0 Å². The Morgan fingerprint density at radius 2 is 0.838 bits per heavy atom. The van der Waals surface area contributed by atoms with Gasteiger partial charge in [0.05, 0.1) is 22.1 Å². The molecular weight excluding hydrogens is 965 g/mol. The van der Waals surface area contributed by atoms with Gasteiger partial charge in [-0.2, -0.15) is 0 Å². The number of aromatic nitrogens is 1. The molecule has 14 aromatic rings. The molecule has 0 spiro atoms. The van der Waals surface area contributed by atoms with Gasteiger partial charge in [0.2, 0.25) is 0 Å². The Bertz CT molecular complexity index is 4740. The average Bonchev–Trinajstić information content (AvgIpc) is 4.17. The van der Waals surface area contributed by atoms with E-state index in [9.17, 15) is 0 Å². The number of para-hydroxylation sites is 1. The minimum atomic E-state index is -0.481. The first-order chi connectivity index (χ1) is 39.5. The van der Waals surface area contributed by atoms with Gasteiger partial charge >= 0.3 is 0 Å². The number of hydrogen-bond acceptors (Lipinski definition) is 1. The first-order valence-corrected chi connectivity index (χ1v) is 28.0. The third-order valence-corrected chi connectivity index (χ3v) is 17.9. The average molecular weight is 1020 g/mol. The summed E-state index contributed by atoms with van der Waals surface area (Å²) in [6, 6.07) is 109. The van der Waals surface area contributed by atoms with E-state index in [0.717, 1.165) is 28.3 Å². The molecule has 0 saturated carbocycles. The van der Waals surface area contributed by atoms with Gasteiger partial charge in [0.1, 0.15) is 0 Å². The molecule has 0 N–H and O–H groups in total. The van der Waals surface area contributed by atoms with Crippen LogP contribution in [0.4, 0.5) is 17.1 Å². The lowest BCUT2D eigenvalue weighted by molar-refractivity contribution is 0.660. The zero-order valence-corrected chi connectivity index (χ0v) is 44.6. The minimum absolute atomic E-state index is 0.173. The van der Waals surface area contributed by atoms with E-state index in [-0.39, 0.29) is 5.41 Å². The maximum absolute atomic E-state index is 2.55. The summed E-state index contributed by atoms with van der Waals surface area (Å²) >= 11 is 0. The number of nitrogens with zero attached hydrogens (tertiary/aromatic N) is 2. The van der Waals surface area contributed by atoms with E-state index in [0.29, 0.717) is 0 Å². The monoisotopic (exact) mass is 1020 g/mol. The van der Waals surface area contributed by atoms with Crippen LogP contribution in [0.5, 0.6) is 0 Å². The predicted molar refractivity (Wildman–Crippen MR) is 336 cm³/mol. The molecule has 376 valence electrons. The van der Waals surface area contributed by atoms with Crippen LogP contribution in [0.3, 0.4) is 0 Å². The van der Waals surface area contributed by atoms with Gasteiger partial charge in [-0.1, -0.05) is 263 Å². The fraction of sp³-hybridized carbons (Fsp3) is 0.0513. The Morgan fingerprint density at radius 1 is 0.325 bits per heavy atom. The summed E-state index contributed by atoms with van der Waals surface area (Å²) in [6.07, 6.45) is 0. The van der Waals surface area contributed by atoms with Gasteiger partial charge in [-0.05, 0) is 131 Å². The second-order valence-corrected chi connectivity index (χ2v) is 22.3. The SMILES string of the molecule is CC1(C)c2ccccc2-c2ccc(N(c3ccc4c5c6ccccc6c6ccccc6c5n(-c5ccc(-c6cccc7c6-c6ccccc6C7(c6ccccc6)c6ccccc6)cc5)c4c3)c3ccccc3-c3ccccc3)cc21. The highest BCUT2D eigenvalue weighted by Gasteiger charge is 2.47. The Morgan fingerprint density at radius 3 is 1.56 bits per heavy atom. The Hall–Kier alpha value is -10.0. The number of benzene rings is 13. The van der Waals surface area contributed by atoms with E-state index in [1.54, 1.807) is 0 Å². The molecule has 0 radical (unpaired) electrons. The van der Waals surface area contributed by atoms with Gasteiger partial charge in [0.15, 0.2) is 0 Å². The second-order valence-electron chi connectivity index (χ2n) is 22.3. The van der Waals surface area contributed by atoms with Crippen LogP contribution >= 0.6 is 0 Å². The molecule has 1 aromatic heterocycles. The van der Waals surface area contributed by atoms with Crippen molar-refractivity contribution in [1.29, 1.82) is 0 Å². The van der Waals surface area contributed by atoms with Gasteiger partial charge in [-0.25, -0.2) is 0 Å². The topological polar surface area (TPSA) is 8.17 Å². The van der Waals surface area contributed by atoms with Crippen molar-refractivity contribution in [2.75, 3.05) is 4.90 Å². The maximum Gasteiger partial charge on any atom is 0.0713 e. The largest absolute Gasteiger partial charge is 0.310 e. The van der Waals surface area contributed by atoms with Crippen molar-refractivity contribution < 1.29 is 0 Å². The van der Waals surface area contributed by atoms with E-state index in [2.05, 4.69) is 315 Å². The standard InChI is InChI=1S/C78H54N2/c1-77(2)68-37-19-16-32-62(68)63-47-45-56(49-71(63)77)79(72-40-21-18-29-58(72)51-23-6-3-7-24-51)57-46-48-67-73(50-57)80(76-65-34-15-13-31-61(65)60-30-12-14-33-64(60)75(67)76)55-43-41-52(42-44-55)59-36-22-39-70-74(59)66-35-17-20-38-69(66)78(70,53-25-8-4-9-26-53)54-27-10-5-11-28-54/h3-50H,1-2H3. The summed E-state index contributed by atoms with van der Waals surface area (Å²) in [5, 5.41) is 7.45. The molecule has 0 unspecified atom stereocenters. The highest BCUT2D eigenvalue weighted by molar-refractivity contribution is 6.32. The van der Waals surface area contributed by atoms with Crippen molar-refractivity contribution in [3.63, 3.8) is 0 Å². The normalized spacial score (nSPS) is 13.6. The van der Waals surface area contributed by atoms with Crippen LogP contribution in [-0.4, -0.2) is 4.57 Å². The molecule has 2 heteroatoms. The first kappa shape index (κ1) is 46.1. The quantitative estimate of drug-likeness (QED) is 0.138. The van der Waals surface area contributed by atoms with Crippen molar-refractivity contribution in [2.45, 2.75) is 24.7 Å². The zero-order valence-electron chi connectivity index (χ0n) is 44.6. The van der Waals surface area contributed by atoms with Gasteiger partial charge in [-0.15, -0.1) is 0 Å². The summed E-state index contributed by atoms with van der Waals surface area (Å²) in [7, 11) is 0. The third kappa shape index (κ3) is 6.60. The van der Waals surface area contributed by atoms with E-state index in [1.807, 2.05) is 0 Å². The van der Waals surface area contributed by atoms with Crippen molar-refractivity contribution in [3.05, 3.63) is 325 Å². The van der Waals surface area contributed by atoms with E-state index >= 15 is 0 Å². The highest BCUT2D eigenvalue weighted by atomic mass is 15.1. The Kier molecular flexibility index (Phi) is 10.2. The Balaban J connectivity index is 0.935. The summed E-state index contributed by atoms with van der Waals surface area (Å²) in [5.74, 6) is 0. The number of anilines is 3. The molecule has 0 fully saturated rings. The van der Waals surface area contributed by atoms with Crippen molar-refractivity contribution in [1.82, 2.24) is 4.57 Å². The summed E-state index contributed by atoms with van der Waals surface area (Å²) in [6.45, 7) is 4.75. The van der Waals surface area contributed by atoms with Gasteiger partial charge < -0.3 is 9.47 Å². The van der Waals surface area contributed by atoms with Crippen LogP contribution < -0.4 is 4.90 Å². The molecule has 13 aromatic carbocycles. The lowest BCUT2D eigenvalue weighted by Gasteiger charge is -2.34. The molecular formula is C78H54N2. The van der Waals surface area contributed by atoms with Crippen molar-refractivity contribution in [3.8, 4) is 50.2 Å². The molecule has 2 aliphatic carbocycles.